The van der Waals surface area contributed by atoms with Gasteiger partial charge in [0.05, 0.1) is 6.54 Å². The van der Waals surface area contributed by atoms with E-state index in [0.29, 0.717) is 13.1 Å². The first-order chi connectivity index (χ1) is 10.2. The summed E-state index contributed by atoms with van der Waals surface area (Å²) >= 11 is 0. The molecule has 114 valence electrons. The van der Waals surface area contributed by atoms with Crippen molar-refractivity contribution in [1.82, 2.24) is 15.1 Å². The van der Waals surface area contributed by atoms with Crippen LogP contribution >= 0.6 is 0 Å². The van der Waals surface area contributed by atoms with Crippen LogP contribution in [0, 0.1) is 11.8 Å². The fourth-order valence-corrected chi connectivity index (χ4v) is 3.51. The first-order valence-corrected chi connectivity index (χ1v) is 7.93. The van der Waals surface area contributed by atoms with Gasteiger partial charge in [-0.1, -0.05) is 30.3 Å². The van der Waals surface area contributed by atoms with Crippen LogP contribution in [0.15, 0.2) is 30.3 Å². The molecule has 2 saturated heterocycles. The highest BCUT2D eigenvalue weighted by molar-refractivity contribution is 5.78. The number of nitrogens with one attached hydrogen (secondary N) is 1. The summed E-state index contributed by atoms with van der Waals surface area (Å²) in [5.41, 5.74) is 1.19. The van der Waals surface area contributed by atoms with Crippen molar-refractivity contribution in [2.45, 2.75) is 13.0 Å². The number of hydrogen-bond donors (Lipinski definition) is 1. The van der Waals surface area contributed by atoms with Gasteiger partial charge < -0.3 is 10.2 Å². The van der Waals surface area contributed by atoms with Crippen LogP contribution in [0.5, 0.6) is 0 Å². The van der Waals surface area contributed by atoms with E-state index in [-0.39, 0.29) is 5.91 Å². The molecule has 1 N–H and O–H groups in total. The largest absolute Gasteiger partial charge is 0.340 e. The maximum absolute atomic E-state index is 12.4. The summed E-state index contributed by atoms with van der Waals surface area (Å²) in [6.07, 6.45) is 1.23. The van der Waals surface area contributed by atoms with Crippen molar-refractivity contribution < 1.29 is 4.79 Å². The molecule has 2 aliphatic rings. The maximum Gasteiger partial charge on any atom is 0.236 e. The van der Waals surface area contributed by atoms with E-state index in [0.717, 1.165) is 31.5 Å². The zero-order valence-electron chi connectivity index (χ0n) is 12.8. The van der Waals surface area contributed by atoms with Crippen LogP contribution in [-0.4, -0.2) is 55.5 Å². The number of piperidine rings is 1. The van der Waals surface area contributed by atoms with Gasteiger partial charge in [-0.3, -0.25) is 9.69 Å². The Balaban J connectivity index is 1.49. The predicted octanol–water partition coefficient (Wildman–Crippen LogP) is 1.19. The molecule has 0 bridgehead atoms. The molecule has 1 amide bonds. The van der Waals surface area contributed by atoms with Gasteiger partial charge in [-0.05, 0) is 43.5 Å². The van der Waals surface area contributed by atoms with Crippen molar-refractivity contribution in [1.29, 1.82) is 0 Å². The van der Waals surface area contributed by atoms with Crippen molar-refractivity contribution in [3.8, 4) is 0 Å². The lowest BCUT2D eigenvalue weighted by atomic mass is 9.89. The summed E-state index contributed by atoms with van der Waals surface area (Å²) in [6.45, 7) is 5.68. The highest BCUT2D eigenvalue weighted by Gasteiger charge is 2.33. The number of amides is 1. The predicted molar refractivity (Wildman–Crippen MR) is 83.8 cm³/mol. The van der Waals surface area contributed by atoms with E-state index in [1.807, 2.05) is 30.1 Å². The minimum absolute atomic E-state index is 0.225. The molecule has 2 unspecified atom stereocenters. The molecule has 4 heteroatoms. The molecule has 0 spiro atoms. The molecule has 2 heterocycles. The average Bonchev–Trinajstić information content (AvgIpc) is 2.95. The second kappa shape index (κ2) is 6.58. The third-order valence-corrected chi connectivity index (χ3v) is 4.84. The summed E-state index contributed by atoms with van der Waals surface area (Å²) in [6, 6.07) is 10.2. The number of likely N-dealkylation sites (N-methyl/N-ethyl adjacent to an activating group) is 1. The normalized spacial score (nSPS) is 25.6. The van der Waals surface area contributed by atoms with Gasteiger partial charge in [0, 0.05) is 20.1 Å². The van der Waals surface area contributed by atoms with Crippen molar-refractivity contribution in [2.24, 2.45) is 11.8 Å². The zero-order valence-corrected chi connectivity index (χ0v) is 12.8. The monoisotopic (exact) mass is 287 g/mol. The molecule has 0 saturated carbocycles. The molecule has 2 fully saturated rings. The van der Waals surface area contributed by atoms with Crippen molar-refractivity contribution in [3.63, 3.8) is 0 Å². The molecule has 0 radical (unpaired) electrons. The van der Waals surface area contributed by atoms with Crippen LogP contribution in [0.4, 0.5) is 0 Å². The second-order valence-corrected chi connectivity index (χ2v) is 6.44. The minimum Gasteiger partial charge on any atom is -0.340 e. The van der Waals surface area contributed by atoms with Crippen LogP contribution in [0.1, 0.15) is 12.0 Å². The number of carbonyl (C=O) groups is 1. The smallest absolute Gasteiger partial charge is 0.236 e. The first-order valence-electron chi connectivity index (χ1n) is 7.93. The van der Waals surface area contributed by atoms with Gasteiger partial charge in [0.15, 0.2) is 0 Å². The van der Waals surface area contributed by atoms with Gasteiger partial charge in [-0.2, -0.15) is 0 Å². The molecule has 0 aliphatic carbocycles. The van der Waals surface area contributed by atoms with Crippen LogP contribution in [-0.2, 0) is 11.3 Å². The van der Waals surface area contributed by atoms with E-state index < -0.39 is 0 Å². The molecule has 0 aromatic heterocycles. The van der Waals surface area contributed by atoms with E-state index in [9.17, 15) is 4.79 Å². The van der Waals surface area contributed by atoms with E-state index >= 15 is 0 Å². The lowest BCUT2D eigenvalue weighted by molar-refractivity contribution is -0.132. The van der Waals surface area contributed by atoms with Crippen LogP contribution in [0.3, 0.4) is 0 Å². The summed E-state index contributed by atoms with van der Waals surface area (Å²) in [4.78, 5) is 16.5. The van der Waals surface area contributed by atoms with Gasteiger partial charge in [-0.25, -0.2) is 0 Å². The van der Waals surface area contributed by atoms with Crippen LogP contribution < -0.4 is 5.32 Å². The molecule has 2 aliphatic heterocycles. The molecule has 4 nitrogen and oxygen atoms in total. The first kappa shape index (κ1) is 14.5. The SMILES string of the molecule is CN(Cc1ccccc1)C(=O)CN1CCC2CNCC2C1. The third kappa shape index (κ3) is 3.63. The zero-order chi connectivity index (χ0) is 14.7. The van der Waals surface area contributed by atoms with E-state index in [1.165, 1.54) is 18.5 Å². The topological polar surface area (TPSA) is 35.6 Å². The number of likely N-dealkylation sites (tertiary alicyclic amines) is 1. The molecule has 1 aromatic rings. The molecule has 3 rings (SSSR count). The van der Waals surface area contributed by atoms with E-state index in [2.05, 4.69) is 22.3 Å². The highest BCUT2D eigenvalue weighted by Crippen LogP contribution is 2.26. The van der Waals surface area contributed by atoms with Gasteiger partial charge in [0.2, 0.25) is 5.91 Å². The van der Waals surface area contributed by atoms with Gasteiger partial charge in [0.25, 0.3) is 0 Å². The number of hydrogen-bond acceptors (Lipinski definition) is 3. The minimum atomic E-state index is 0.225. The van der Waals surface area contributed by atoms with E-state index in [1.54, 1.807) is 0 Å². The van der Waals surface area contributed by atoms with Gasteiger partial charge >= 0.3 is 0 Å². The van der Waals surface area contributed by atoms with Crippen LogP contribution in [0.25, 0.3) is 0 Å². The Morgan fingerprint density at radius 1 is 1.29 bits per heavy atom. The Labute approximate surface area is 127 Å². The lowest BCUT2D eigenvalue weighted by Gasteiger charge is -2.34. The average molecular weight is 287 g/mol. The second-order valence-electron chi connectivity index (χ2n) is 6.44. The number of carbonyl (C=O) groups excluding carboxylic acids is 1. The molecule has 21 heavy (non-hydrogen) atoms. The molecular weight excluding hydrogens is 262 g/mol. The van der Waals surface area contributed by atoms with Crippen molar-refractivity contribution in [2.75, 3.05) is 39.8 Å². The Kier molecular flexibility index (Phi) is 4.56. The molecule has 1 aromatic carbocycles. The summed E-state index contributed by atoms with van der Waals surface area (Å²) in [5, 5.41) is 3.47. The third-order valence-electron chi connectivity index (χ3n) is 4.84. The maximum atomic E-state index is 12.4. The Hall–Kier alpha value is -1.39. The van der Waals surface area contributed by atoms with E-state index in [4.69, 9.17) is 0 Å². The summed E-state index contributed by atoms with van der Waals surface area (Å²) < 4.78 is 0. The van der Waals surface area contributed by atoms with Crippen LogP contribution in [0.2, 0.25) is 0 Å². The Morgan fingerprint density at radius 3 is 2.86 bits per heavy atom. The number of nitrogens with zero attached hydrogens (tertiary/aromatic N) is 2. The molecule has 2 atom stereocenters. The highest BCUT2D eigenvalue weighted by atomic mass is 16.2. The standard InChI is InChI=1S/C17H25N3O/c1-19(11-14-5-3-2-4-6-14)17(21)13-20-8-7-15-9-18-10-16(15)12-20/h2-6,15-16,18H,7-13H2,1H3. The number of benzene rings is 1. The lowest BCUT2D eigenvalue weighted by Crippen LogP contribution is -2.45. The number of rotatable bonds is 4. The Morgan fingerprint density at radius 2 is 2.05 bits per heavy atom. The number of fused-ring (bicyclic) bond motifs is 1. The van der Waals surface area contributed by atoms with Gasteiger partial charge in [-0.15, -0.1) is 0 Å². The quantitative estimate of drug-likeness (QED) is 0.903. The summed E-state index contributed by atoms with van der Waals surface area (Å²) in [5.74, 6) is 1.80. The fourth-order valence-electron chi connectivity index (χ4n) is 3.51. The van der Waals surface area contributed by atoms with Gasteiger partial charge in [0.1, 0.15) is 0 Å². The Bertz CT molecular complexity index is 476. The molecular formula is C17H25N3O. The van der Waals surface area contributed by atoms with Crippen molar-refractivity contribution in [3.05, 3.63) is 35.9 Å². The fraction of sp³-hybridized carbons (Fsp3) is 0.588. The van der Waals surface area contributed by atoms with Crippen molar-refractivity contribution >= 4 is 5.91 Å². The summed E-state index contributed by atoms with van der Waals surface area (Å²) in [7, 11) is 1.90.